The van der Waals surface area contributed by atoms with Gasteiger partial charge in [-0.25, -0.2) is 4.39 Å². The summed E-state index contributed by atoms with van der Waals surface area (Å²) in [7, 11) is 0. The molecule has 6 atom stereocenters. The smallest absolute Gasteiger partial charge is 0.389 e. The van der Waals surface area contributed by atoms with E-state index in [9.17, 15) is 27.8 Å². The fraction of sp³-hybridized carbons (Fsp3) is 0.909. The summed E-state index contributed by atoms with van der Waals surface area (Å²) in [6.07, 6.45) is -10.4. The minimum absolute atomic E-state index is 0.541. The number of aliphatic hydroxyl groups excluding tert-OH is 2. The highest BCUT2D eigenvalue weighted by atomic mass is 32.2. The van der Waals surface area contributed by atoms with Gasteiger partial charge in [-0.05, 0) is 6.42 Å². The van der Waals surface area contributed by atoms with Gasteiger partial charge in [-0.1, -0.05) is 11.8 Å². The van der Waals surface area contributed by atoms with Crippen molar-refractivity contribution in [1.29, 1.82) is 0 Å². The van der Waals surface area contributed by atoms with Crippen LogP contribution in [0.4, 0.5) is 17.6 Å². The Bertz CT molecular complexity index is 446. The zero-order valence-corrected chi connectivity index (χ0v) is 12.3. The average Bonchev–Trinajstić information content (AvgIpc) is 2.73. The molecule has 3 rings (SSSR count). The van der Waals surface area contributed by atoms with E-state index < -0.39 is 40.4 Å². The zero-order valence-electron chi connectivity index (χ0n) is 10.7. The van der Waals surface area contributed by atoms with Crippen LogP contribution >= 0.6 is 23.5 Å². The summed E-state index contributed by atoms with van der Waals surface area (Å²) in [6, 6.07) is -0.859. The van der Waals surface area contributed by atoms with Gasteiger partial charge in [0.2, 0.25) is 0 Å². The van der Waals surface area contributed by atoms with Crippen LogP contribution in [0.3, 0.4) is 0 Å². The first-order chi connectivity index (χ1) is 9.79. The molecule has 3 aliphatic heterocycles. The molecule has 2 saturated heterocycles. The quantitative estimate of drug-likeness (QED) is 0.700. The Morgan fingerprint density at radius 2 is 2.00 bits per heavy atom. The summed E-state index contributed by atoms with van der Waals surface area (Å²) in [5, 5.41) is 18.1. The third-order valence-corrected chi connectivity index (χ3v) is 6.92. The summed E-state index contributed by atoms with van der Waals surface area (Å²) >= 11 is 1.99. The molecule has 10 heteroatoms. The third-order valence-electron chi connectivity index (χ3n) is 3.81. The molecule has 0 saturated carbocycles. The van der Waals surface area contributed by atoms with Crippen LogP contribution in [0.5, 0.6) is 0 Å². The van der Waals surface area contributed by atoms with E-state index in [0.717, 1.165) is 31.3 Å². The molecule has 0 spiro atoms. The van der Waals surface area contributed by atoms with Crippen molar-refractivity contribution in [2.45, 2.75) is 46.9 Å². The molecule has 0 bridgehead atoms. The zero-order chi connectivity index (χ0) is 15.4. The van der Waals surface area contributed by atoms with E-state index in [1.807, 2.05) is 4.90 Å². The molecule has 6 unspecified atom stereocenters. The van der Waals surface area contributed by atoms with E-state index in [1.165, 1.54) is 11.8 Å². The maximum Gasteiger partial charge on any atom is 0.415 e. The SMILES string of the molecule is OC1C(F)C2N=C(N3CCC3)SC2SC1C(O)C(F)(F)F. The molecule has 2 N–H and O–H groups in total. The fourth-order valence-corrected chi connectivity index (χ4v) is 5.69. The molecule has 4 nitrogen and oxygen atoms in total. The van der Waals surface area contributed by atoms with Crippen LogP contribution in [0.2, 0.25) is 0 Å². The number of aliphatic imine (C=N–C) groups is 1. The second kappa shape index (κ2) is 5.47. The molecule has 21 heavy (non-hydrogen) atoms. The van der Waals surface area contributed by atoms with Gasteiger partial charge >= 0.3 is 6.18 Å². The monoisotopic (exact) mass is 346 g/mol. The normalized spacial score (nSPS) is 41.3. The van der Waals surface area contributed by atoms with E-state index in [4.69, 9.17) is 0 Å². The van der Waals surface area contributed by atoms with Crippen LogP contribution in [0, 0.1) is 0 Å². The van der Waals surface area contributed by atoms with Gasteiger partial charge in [0.25, 0.3) is 0 Å². The number of hydrogen-bond acceptors (Lipinski definition) is 6. The topological polar surface area (TPSA) is 56.1 Å². The van der Waals surface area contributed by atoms with Gasteiger partial charge in [0.05, 0.1) is 9.83 Å². The van der Waals surface area contributed by atoms with Crippen LogP contribution in [-0.2, 0) is 0 Å². The Labute approximate surface area is 127 Å². The molecule has 2 fully saturated rings. The molecule has 3 heterocycles. The number of aliphatic hydroxyl groups is 2. The number of alkyl halides is 4. The number of fused-ring (bicyclic) bond motifs is 1. The minimum atomic E-state index is -4.88. The van der Waals surface area contributed by atoms with E-state index in [2.05, 4.69) is 4.99 Å². The van der Waals surface area contributed by atoms with Crippen LogP contribution in [0.15, 0.2) is 4.99 Å². The van der Waals surface area contributed by atoms with Crippen LogP contribution in [-0.4, -0.2) is 73.8 Å². The first kappa shape index (κ1) is 15.7. The summed E-state index contributed by atoms with van der Waals surface area (Å²) in [5.74, 6) is 0. The first-order valence-electron chi connectivity index (χ1n) is 6.51. The lowest BCUT2D eigenvalue weighted by molar-refractivity contribution is -0.210. The number of rotatable bonds is 1. The van der Waals surface area contributed by atoms with Crippen molar-refractivity contribution in [2.75, 3.05) is 13.1 Å². The van der Waals surface area contributed by atoms with Gasteiger partial charge in [0.15, 0.2) is 17.4 Å². The van der Waals surface area contributed by atoms with E-state index in [0.29, 0.717) is 5.17 Å². The van der Waals surface area contributed by atoms with Gasteiger partial charge in [-0.2, -0.15) is 13.2 Å². The standard InChI is InChI=1S/C11H14F4N2O2S2/c12-4-5-9(21-10(16-5)17-2-1-3-17)20-7(6(4)18)8(19)11(13,14)15/h4-9,18-19H,1-3H2. The van der Waals surface area contributed by atoms with Gasteiger partial charge in [-0.15, -0.1) is 11.8 Å². The lowest BCUT2D eigenvalue weighted by atomic mass is 10.0. The molecular formula is C11H14F4N2O2S2. The molecule has 3 aliphatic rings. The minimum Gasteiger partial charge on any atom is -0.389 e. The van der Waals surface area contributed by atoms with Gasteiger partial charge in [0, 0.05) is 13.1 Å². The summed E-state index contributed by atoms with van der Waals surface area (Å²) in [6.45, 7) is 1.62. The van der Waals surface area contributed by atoms with Crippen LogP contribution in [0.25, 0.3) is 0 Å². The highest BCUT2D eigenvalue weighted by Crippen LogP contribution is 2.49. The third kappa shape index (κ3) is 2.75. The summed E-state index contributed by atoms with van der Waals surface area (Å²) < 4.78 is 51.5. The van der Waals surface area contributed by atoms with Crippen molar-refractivity contribution in [3.63, 3.8) is 0 Å². The van der Waals surface area contributed by atoms with E-state index in [-0.39, 0.29) is 0 Å². The maximum absolute atomic E-state index is 14.2. The number of likely N-dealkylation sites (tertiary alicyclic amines) is 1. The molecule has 0 aromatic heterocycles. The number of halogens is 4. The molecule has 0 amide bonds. The number of nitrogens with zero attached hydrogens (tertiary/aromatic N) is 2. The Morgan fingerprint density at radius 1 is 1.33 bits per heavy atom. The molecule has 0 radical (unpaired) electrons. The van der Waals surface area contributed by atoms with Crippen LogP contribution < -0.4 is 0 Å². The van der Waals surface area contributed by atoms with Crippen molar-refractivity contribution >= 4 is 28.7 Å². The molecule has 0 aliphatic carbocycles. The van der Waals surface area contributed by atoms with Crippen LogP contribution in [0.1, 0.15) is 6.42 Å². The second-order valence-corrected chi connectivity index (χ2v) is 7.98. The Balaban J connectivity index is 1.74. The van der Waals surface area contributed by atoms with E-state index in [1.54, 1.807) is 0 Å². The maximum atomic E-state index is 14.2. The largest absolute Gasteiger partial charge is 0.415 e. The highest BCUT2D eigenvalue weighted by Gasteiger charge is 2.56. The van der Waals surface area contributed by atoms with Gasteiger partial charge in [-0.3, -0.25) is 4.99 Å². The lowest BCUT2D eigenvalue weighted by Crippen LogP contribution is -2.55. The van der Waals surface area contributed by atoms with Crippen molar-refractivity contribution < 1.29 is 27.8 Å². The fourth-order valence-electron chi connectivity index (χ4n) is 2.45. The van der Waals surface area contributed by atoms with Crippen molar-refractivity contribution in [2.24, 2.45) is 4.99 Å². The molecule has 120 valence electrons. The van der Waals surface area contributed by atoms with Gasteiger partial charge < -0.3 is 15.1 Å². The first-order valence-corrected chi connectivity index (χ1v) is 8.33. The predicted octanol–water partition coefficient (Wildman–Crippen LogP) is 1.23. The number of thioether (sulfide) groups is 2. The lowest BCUT2D eigenvalue weighted by Gasteiger charge is -2.38. The van der Waals surface area contributed by atoms with Crippen molar-refractivity contribution in [3.8, 4) is 0 Å². The van der Waals surface area contributed by atoms with Crippen molar-refractivity contribution in [1.82, 2.24) is 4.90 Å². The van der Waals surface area contributed by atoms with E-state index >= 15 is 0 Å². The highest BCUT2D eigenvalue weighted by molar-refractivity contribution is 8.25. The van der Waals surface area contributed by atoms with Crippen molar-refractivity contribution in [3.05, 3.63) is 0 Å². The summed E-state index contributed by atoms with van der Waals surface area (Å²) in [4.78, 5) is 6.15. The summed E-state index contributed by atoms with van der Waals surface area (Å²) in [5.41, 5.74) is 0. The second-order valence-electron chi connectivity index (χ2n) is 5.25. The molecule has 0 aromatic carbocycles. The predicted molar refractivity (Wildman–Crippen MR) is 73.1 cm³/mol. The van der Waals surface area contributed by atoms with Gasteiger partial charge in [0.1, 0.15) is 12.1 Å². The average molecular weight is 346 g/mol. The Kier molecular flexibility index (Phi) is 4.09. The Hall–Kier alpha value is -0.190. The Morgan fingerprint density at radius 3 is 2.52 bits per heavy atom. The molecular weight excluding hydrogens is 332 g/mol. The number of hydrogen-bond donors (Lipinski definition) is 2. The molecule has 0 aromatic rings. The number of amidine groups is 1.